The van der Waals surface area contributed by atoms with Crippen LogP contribution in [0.2, 0.25) is 0 Å². The molecule has 5 rings (SSSR count). The van der Waals surface area contributed by atoms with Crippen LogP contribution in [0.1, 0.15) is 54.0 Å². The van der Waals surface area contributed by atoms with Gasteiger partial charge < -0.3 is 14.7 Å². The fourth-order valence-corrected chi connectivity index (χ4v) is 5.78. The van der Waals surface area contributed by atoms with E-state index >= 15 is 0 Å². The molecule has 6 heteroatoms. The van der Waals surface area contributed by atoms with Crippen LogP contribution in [0.4, 0.5) is 0 Å². The number of aliphatic hydroxyl groups excluding tert-OH is 1. The zero-order chi connectivity index (χ0) is 28.2. The molecule has 1 aliphatic carbocycles. The molecule has 0 bridgehead atoms. The fourth-order valence-electron chi connectivity index (χ4n) is 5.78. The van der Waals surface area contributed by atoms with Gasteiger partial charge in [0.05, 0.1) is 42.2 Å². The van der Waals surface area contributed by atoms with Crippen molar-refractivity contribution >= 4 is 5.91 Å². The predicted octanol–water partition coefficient (Wildman–Crippen LogP) is 6.25. The van der Waals surface area contributed by atoms with E-state index in [0.717, 1.165) is 65.2 Å². The highest BCUT2D eigenvalue weighted by molar-refractivity contribution is 5.84. The van der Waals surface area contributed by atoms with Gasteiger partial charge >= 0.3 is 0 Å². The van der Waals surface area contributed by atoms with Gasteiger partial charge in [0.25, 0.3) is 0 Å². The SMILES string of the molecule is COc1ccc(-n2nc(CC(C(=O)N(C)C3CCCCC3O)c3cccc(C)c3)cc2-c2ccc(C)cc2)cc1. The largest absolute Gasteiger partial charge is 0.497 e. The van der Waals surface area contributed by atoms with Crippen LogP contribution in [0.3, 0.4) is 0 Å². The Morgan fingerprint density at radius 3 is 2.40 bits per heavy atom. The molecule has 1 N–H and O–H groups in total. The van der Waals surface area contributed by atoms with Gasteiger partial charge in [-0.1, -0.05) is 72.5 Å². The first-order valence-electron chi connectivity index (χ1n) is 14.2. The molecule has 1 fully saturated rings. The minimum Gasteiger partial charge on any atom is -0.497 e. The summed E-state index contributed by atoms with van der Waals surface area (Å²) in [7, 11) is 3.50. The molecule has 0 spiro atoms. The molecule has 1 amide bonds. The first-order chi connectivity index (χ1) is 19.3. The van der Waals surface area contributed by atoms with E-state index in [9.17, 15) is 9.90 Å². The number of methoxy groups -OCH3 is 1. The molecule has 0 saturated heterocycles. The third-order valence-corrected chi connectivity index (χ3v) is 8.12. The molecule has 1 saturated carbocycles. The van der Waals surface area contributed by atoms with E-state index in [4.69, 9.17) is 9.84 Å². The number of amides is 1. The van der Waals surface area contributed by atoms with Gasteiger partial charge in [-0.05, 0) is 62.6 Å². The maximum atomic E-state index is 14.1. The number of nitrogens with zero attached hydrogens (tertiary/aromatic N) is 3. The number of aryl methyl sites for hydroxylation is 2. The second-order valence-corrected chi connectivity index (χ2v) is 11.0. The van der Waals surface area contributed by atoms with E-state index < -0.39 is 12.0 Å². The van der Waals surface area contributed by atoms with Gasteiger partial charge in [0.2, 0.25) is 5.91 Å². The van der Waals surface area contributed by atoms with Gasteiger partial charge in [-0.3, -0.25) is 4.79 Å². The maximum absolute atomic E-state index is 14.1. The molecule has 1 heterocycles. The monoisotopic (exact) mass is 537 g/mol. The minimum absolute atomic E-state index is 0.0208. The highest BCUT2D eigenvalue weighted by atomic mass is 16.5. The zero-order valence-electron chi connectivity index (χ0n) is 23.9. The quantitative estimate of drug-likeness (QED) is 0.288. The molecule has 4 aromatic rings. The second-order valence-electron chi connectivity index (χ2n) is 11.0. The number of rotatable bonds is 8. The molecule has 6 nitrogen and oxygen atoms in total. The Hall–Kier alpha value is -3.90. The van der Waals surface area contributed by atoms with Crippen molar-refractivity contribution in [3.8, 4) is 22.7 Å². The van der Waals surface area contributed by atoms with Crippen LogP contribution in [0.25, 0.3) is 16.9 Å². The Balaban J connectivity index is 1.54. The number of hydrogen-bond donors (Lipinski definition) is 1. The van der Waals surface area contributed by atoms with E-state index in [1.807, 2.05) is 61.1 Å². The van der Waals surface area contributed by atoms with Crippen LogP contribution < -0.4 is 4.74 Å². The lowest BCUT2D eigenvalue weighted by molar-refractivity contribution is -0.137. The van der Waals surface area contributed by atoms with E-state index in [2.05, 4.69) is 43.3 Å². The molecule has 0 radical (unpaired) electrons. The number of likely N-dealkylation sites (N-methyl/N-ethyl adjacent to an activating group) is 1. The standard InChI is InChI=1S/C34H39N3O3/c1-23-12-14-25(15-13-23)32-22-27(35-37(32)28-16-18-29(40-4)19-17-28)21-30(26-9-7-8-24(2)20-26)34(39)36(3)31-10-5-6-11-33(31)38/h7-9,12-20,22,30-31,33,38H,5-6,10-11,21H2,1-4H3. The van der Waals surface area contributed by atoms with Crippen molar-refractivity contribution in [2.24, 2.45) is 0 Å². The molecule has 0 aliphatic heterocycles. The molecule has 3 unspecified atom stereocenters. The summed E-state index contributed by atoms with van der Waals surface area (Å²) in [5.41, 5.74) is 7.05. The summed E-state index contributed by atoms with van der Waals surface area (Å²) in [6, 6.07) is 26.4. The summed E-state index contributed by atoms with van der Waals surface area (Å²) < 4.78 is 7.32. The lowest BCUT2D eigenvalue weighted by Crippen LogP contribution is -2.48. The fraction of sp³-hybridized carbons (Fsp3) is 0.353. The van der Waals surface area contributed by atoms with Gasteiger partial charge in [0.1, 0.15) is 5.75 Å². The van der Waals surface area contributed by atoms with Crippen molar-refractivity contribution in [1.29, 1.82) is 0 Å². The topological polar surface area (TPSA) is 67.6 Å². The van der Waals surface area contributed by atoms with E-state index in [1.54, 1.807) is 12.0 Å². The van der Waals surface area contributed by atoms with E-state index in [1.165, 1.54) is 5.56 Å². The minimum atomic E-state index is -0.483. The molecule has 208 valence electrons. The van der Waals surface area contributed by atoms with Crippen LogP contribution in [0, 0.1) is 13.8 Å². The maximum Gasteiger partial charge on any atom is 0.230 e. The molecule has 1 aromatic heterocycles. The first kappa shape index (κ1) is 27.7. The molecular formula is C34H39N3O3. The summed E-state index contributed by atoms with van der Waals surface area (Å²) in [6.07, 6.45) is 3.57. The molecule has 1 aliphatic rings. The van der Waals surface area contributed by atoms with Crippen LogP contribution in [0.15, 0.2) is 78.9 Å². The predicted molar refractivity (Wildman–Crippen MR) is 159 cm³/mol. The van der Waals surface area contributed by atoms with Crippen LogP contribution in [-0.4, -0.2) is 52.0 Å². The zero-order valence-corrected chi connectivity index (χ0v) is 23.9. The average Bonchev–Trinajstić information content (AvgIpc) is 3.40. The lowest BCUT2D eigenvalue weighted by atomic mass is 9.88. The van der Waals surface area contributed by atoms with Crippen LogP contribution in [-0.2, 0) is 11.2 Å². The summed E-state index contributed by atoms with van der Waals surface area (Å²) in [4.78, 5) is 15.9. The summed E-state index contributed by atoms with van der Waals surface area (Å²) in [5, 5.41) is 15.8. The third-order valence-electron chi connectivity index (χ3n) is 8.12. The van der Waals surface area contributed by atoms with Gasteiger partial charge in [0, 0.05) is 19.0 Å². The number of ether oxygens (including phenoxy) is 1. The lowest BCUT2D eigenvalue weighted by Gasteiger charge is -2.37. The number of aliphatic hydroxyl groups is 1. The second kappa shape index (κ2) is 12.1. The summed E-state index contributed by atoms with van der Waals surface area (Å²) in [6.45, 7) is 4.13. The van der Waals surface area contributed by atoms with Gasteiger partial charge in [-0.25, -0.2) is 4.68 Å². The smallest absolute Gasteiger partial charge is 0.230 e. The van der Waals surface area contributed by atoms with Gasteiger partial charge in [-0.2, -0.15) is 5.10 Å². The summed E-state index contributed by atoms with van der Waals surface area (Å²) in [5.74, 6) is 0.391. The number of aromatic nitrogens is 2. The number of carbonyl (C=O) groups excluding carboxylic acids is 1. The average molecular weight is 538 g/mol. The Morgan fingerprint density at radius 2 is 1.73 bits per heavy atom. The van der Waals surface area contributed by atoms with Crippen molar-refractivity contribution in [1.82, 2.24) is 14.7 Å². The Kier molecular flexibility index (Phi) is 8.36. The van der Waals surface area contributed by atoms with Crippen LogP contribution in [0.5, 0.6) is 5.75 Å². The third kappa shape index (κ3) is 5.97. The number of hydrogen-bond acceptors (Lipinski definition) is 4. The normalized spacial score (nSPS) is 17.8. The van der Waals surface area contributed by atoms with Gasteiger partial charge in [-0.15, -0.1) is 0 Å². The van der Waals surface area contributed by atoms with Crippen LogP contribution >= 0.6 is 0 Å². The number of benzene rings is 3. The Bertz CT molecular complexity index is 1440. The molecular weight excluding hydrogens is 498 g/mol. The van der Waals surface area contributed by atoms with Crippen molar-refractivity contribution in [2.45, 2.75) is 64.0 Å². The van der Waals surface area contributed by atoms with Crippen molar-refractivity contribution in [3.63, 3.8) is 0 Å². The first-order valence-corrected chi connectivity index (χ1v) is 14.2. The molecule has 3 aromatic carbocycles. The number of carbonyl (C=O) groups is 1. The highest BCUT2D eigenvalue weighted by Crippen LogP contribution is 2.31. The molecule has 3 atom stereocenters. The van der Waals surface area contributed by atoms with Crippen molar-refractivity contribution < 1.29 is 14.6 Å². The Labute approximate surface area is 237 Å². The highest BCUT2D eigenvalue weighted by Gasteiger charge is 2.34. The van der Waals surface area contributed by atoms with Crippen molar-refractivity contribution in [2.75, 3.05) is 14.2 Å². The Morgan fingerprint density at radius 1 is 1.00 bits per heavy atom. The molecule has 40 heavy (non-hydrogen) atoms. The summed E-state index contributed by atoms with van der Waals surface area (Å²) >= 11 is 0. The van der Waals surface area contributed by atoms with Crippen molar-refractivity contribution in [3.05, 3.63) is 101 Å². The van der Waals surface area contributed by atoms with Gasteiger partial charge in [0.15, 0.2) is 0 Å². The van der Waals surface area contributed by atoms with E-state index in [-0.39, 0.29) is 11.9 Å². The van der Waals surface area contributed by atoms with E-state index in [0.29, 0.717) is 6.42 Å².